The first kappa shape index (κ1) is 19.0. The maximum Gasteiger partial charge on any atom is 0.238 e. The standard InChI is InChI=1S/C15H18N2O6S2/c1-22-13-4-6-14(7-5-13)23-10-11-24(18,19)17-12-2-8-15(9-3-12)25(16,20)21/h2-9,17H,10-11H2,1H3,(H2,16,20,21). The molecule has 25 heavy (non-hydrogen) atoms. The summed E-state index contributed by atoms with van der Waals surface area (Å²) in [5.41, 5.74) is 0.233. The number of ether oxygens (including phenoxy) is 2. The Balaban J connectivity index is 1.90. The number of methoxy groups -OCH3 is 1. The summed E-state index contributed by atoms with van der Waals surface area (Å²) in [6, 6.07) is 11.8. The second-order valence-electron chi connectivity index (χ2n) is 5.01. The molecule has 2 aromatic rings. The molecule has 0 saturated heterocycles. The number of anilines is 1. The molecule has 136 valence electrons. The highest BCUT2D eigenvalue weighted by Gasteiger charge is 2.12. The second-order valence-corrected chi connectivity index (χ2v) is 8.42. The quantitative estimate of drug-likeness (QED) is 0.701. The average molecular weight is 386 g/mol. The van der Waals surface area contributed by atoms with Crippen molar-refractivity contribution in [2.45, 2.75) is 4.90 Å². The van der Waals surface area contributed by atoms with Crippen LogP contribution in [0.4, 0.5) is 5.69 Å². The van der Waals surface area contributed by atoms with Crippen LogP contribution in [0, 0.1) is 0 Å². The van der Waals surface area contributed by atoms with Crippen LogP contribution in [0.1, 0.15) is 0 Å². The van der Waals surface area contributed by atoms with Crippen molar-refractivity contribution in [1.82, 2.24) is 0 Å². The van der Waals surface area contributed by atoms with E-state index in [2.05, 4.69) is 4.72 Å². The summed E-state index contributed by atoms with van der Waals surface area (Å²) in [7, 11) is -5.92. The van der Waals surface area contributed by atoms with Gasteiger partial charge in [-0.3, -0.25) is 4.72 Å². The number of benzene rings is 2. The van der Waals surface area contributed by atoms with Gasteiger partial charge in [0.05, 0.1) is 12.0 Å². The molecule has 3 N–H and O–H groups in total. The molecule has 0 aromatic heterocycles. The minimum atomic E-state index is -3.82. The minimum Gasteiger partial charge on any atom is -0.497 e. The maximum atomic E-state index is 12.0. The molecule has 0 aliphatic carbocycles. The Morgan fingerprint density at radius 2 is 1.48 bits per heavy atom. The predicted molar refractivity (Wildman–Crippen MR) is 93.7 cm³/mol. The normalized spacial score (nSPS) is 11.8. The van der Waals surface area contributed by atoms with Gasteiger partial charge in [-0.2, -0.15) is 0 Å². The Labute approximate surface area is 146 Å². The molecule has 0 aliphatic rings. The van der Waals surface area contributed by atoms with Gasteiger partial charge in [0, 0.05) is 5.69 Å². The Hall–Kier alpha value is -2.30. The summed E-state index contributed by atoms with van der Waals surface area (Å²) in [6.45, 7) is -0.0447. The molecule has 0 atom stereocenters. The summed E-state index contributed by atoms with van der Waals surface area (Å²) < 4.78 is 59.1. The third-order valence-corrected chi connectivity index (χ3v) is 5.32. The second kappa shape index (κ2) is 7.72. The van der Waals surface area contributed by atoms with Crippen molar-refractivity contribution in [2.24, 2.45) is 5.14 Å². The number of primary sulfonamides is 1. The Bertz CT molecular complexity index is 907. The number of hydrogen-bond acceptors (Lipinski definition) is 6. The highest BCUT2D eigenvalue weighted by molar-refractivity contribution is 7.92. The zero-order valence-corrected chi connectivity index (χ0v) is 15.0. The van der Waals surface area contributed by atoms with Crippen LogP contribution in [0.5, 0.6) is 11.5 Å². The van der Waals surface area contributed by atoms with Gasteiger partial charge in [0.2, 0.25) is 20.0 Å². The Morgan fingerprint density at radius 1 is 0.920 bits per heavy atom. The van der Waals surface area contributed by atoms with E-state index in [1.54, 1.807) is 31.4 Å². The zero-order chi connectivity index (χ0) is 18.5. The van der Waals surface area contributed by atoms with Crippen molar-refractivity contribution in [3.8, 4) is 11.5 Å². The molecular formula is C15H18N2O6S2. The summed E-state index contributed by atoms with van der Waals surface area (Å²) in [5.74, 6) is 0.925. The SMILES string of the molecule is COc1ccc(OCCS(=O)(=O)Nc2ccc(S(N)(=O)=O)cc2)cc1. The highest BCUT2D eigenvalue weighted by Crippen LogP contribution is 2.17. The first-order valence-corrected chi connectivity index (χ1v) is 10.3. The van der Waals surface area contributed by atoms with Gasteiger partial charge in [0.15, 0.2) is 0 Å². The van der Waals surface area contributed by atoms with Gasteiger partial charge in [0.25, 0.3) is 0 Å². The number of nitrogens with one attached hydrogen (secondary N) is 1. The van der Waals surface area contributed by atoms with E-state index < -0.39 is 20.0 Å². The van der Waals surface area contributed by atoms with Gasteiger partial charge in [-0.25, -0.2) is 22.0 Å². The molecule has 0 radical (unpaired) electrons. The van der Waals surface area contributed by atoms with Crippen LogP contribution in [0.3, 0.4) is 0 Å². The molecule has 0 spiro atoms. The molecule has 0 amide bonds. The van der Waals surface area contributed by atoms with Gasteiger partial charge >= 0.3 is 0 Å². The third kappa shape index (κ3) is 5.93. The summed E-state index contributed by atoms with van der Waals surface area (Å²) in [6.07, 6.45) is 0. The van der Waals surface area contributed by atoms with Crippen LogP contribution in [0.2, 0.25) is 0 Å². The third-order valence-electron chi connectivity index (χ3n) is 3.14. The number of sulfonamides is 2. The van der Waals surface area contributed by atoms with E-state index in [0.29, 0.717) is 11.5 Å². The first-order chi connectivity index (χ1) is 11.7. The van der Waals surface area contributed by atoms with Gasteiger partial charge in [-0.1, -0.05) is 0 Å². The molecule has 0 fully saturated rings. The molecular weight excluding hydrogens is 368 g/mol. The topological polar surface area (TPSA) is 125 Å². The zero-order valence-electron chi connectivity index (χ0n) is 13.4. The van der Waals surface area contributed by atoms with Gasteiger partial charge in [0.1, 0.15) is 23.9 Å². The fraction of sp³-hybridized carbons (Fsp3) is 0.200. The van der Waals surface area contributed by atoms with E-state index in [1.807, 2.05) is 0 Å². The Morgan fingerprint density at radius 3 is 2.00 bits per heavy atom. The monoisotopic (exact) mass is 386 g/mol. The lowest BCUT2D eigenvalue weighted by atomic mass is 10.3. The predicted octanol–water partition coefficient (Wildman–Crippen LogP) is 1.16. The van der Waals surface area contributed by atoms with E-state index in [0.717, 1.165) is 0 Å². The van der Waals surface area contributed by atoms with E-state index >= 15 is 0 Å². The summed E-state index contributed by atoms with van der Waals surface area (Å²) >= 11 is 0. The van der Waals surface area contributed by atoms with E-state index in [4.69, 9.17) is 14.6 Å². The van der Waals surface area contributed by atoms with Crippen LogP contribution >= 0.6 is 0 Å². The number of nitrogens with two attached hydrogens (primary N) is 1. The summed E-state index contributed by atoms with van der Waals surface area (Å²) in [4.78, 5) is -0.0988. The van der Waals surface area contributed by atoms with Crippen molar-refractivity contribution in [3.63, 3.8) is 0 Å². The largest absolute Gasteiger partial charge is 0.497 e. The van der Waals surface area contributed by atoms with E-state index in [1.165, 1.54) is 24.3 Å². The fourth-order valence-corrected chi connectivity index (χ4v) is 3.30. The van der Waals surface area contributed by atoms with Crippen LogP contribution in [0.15, 0.2) is 53.4 Å². The van der Waals surface area contributed by atoms with Crippen molar-refractivity contribution in [3.05, 3.63) is 48.5 Å². The lowest BCUT2D eigenvalue weighted by Crippen LogP contribution is -2.21. The molecule has 2 rings (SSSR count). The molecule has 0 unspecified atom stereocenters. The first-order valence-electron chi connectivity index (χ1n) is 7.10. The van der Waals surface area contributed by atoms with Gasteiger partial charge in [-0.05, 0) is 48.5 Å². The fourth-order valence-electron chi connectivity index (χ4n) is 1.88. The van der Waals surface area contributed by atoms with Crippen molar-refractivity contribution < 1.29 is 26.3 Å². The van der Waals surface area contributed by atoms with Crippen molar-refractivity contribution >= 4 is 25.7 Å². The average Bonchev–Trinajstić information content (AvgIpc) is 2.54. The Kier molecular flexibility index (Phi) is 5.88. The van der Waals surface area contributed by atoms with Crippen LogP contribution in [-0.2, 0) is 20.0 Å². The summed E-state index contributed by atoms with van der Waals surface area (Å²) in [5, 5.41) is 4.98. The number of rotatable bonds is 8. The lowest BCUT2D eigenvalue weighted by molar-refractivity contribution is 0.340. The molecule has 2 aromatic carbocycles. The van der Waals surface area contributed by atoms with Crippen LogP contribution in [0.25, 0.3) is 0 Å². The molecule has 0 aliphatic heterocycles. The van der Waals surface area contributed by atoms with Crippen molar-refractivity contribution in [1.29, 1.82) is 0 Å². The molecule has 0 saturated carbocycles. The van der Waals surface area contributed by atoms with Crippen LogP contribution < -0.4 is 19.3 Å². The molecule has 10 heteroatoms. The van der Waals surface area contributed by atoms with Gasteiger partial charge < -0.3 is 9.47 Å². The molecule has 8 nitrogen and oxygen atoms in total. The molecule has 0 bridgehead atoms. The molecule has 0 heterocycles. The van der Waals surface area contributed by atoms with Gasteiger partial charge in [-0.15, -0.1) is 0 Å². The van der Waals surface area contributed by atoms with E-state index in [9.17, 15) is 16.8 Å². The maximum absolute atomic E-state index is 12.0. The highest BCUT2D eigenvalue weighted by atomic mass is 32.2. The minimum absolute atomic E-state index is 0.0447. The van der Waals surface area contributed by atoms with E-state index in [-0.39, 0.29) is 22.9 Å². The smallest absolute Gasteiger partial charge is 0.238 e. The number of hydrogen-bond donors (Lipinski definition) is 2. The van der Waals surface area contributed by atoms with Crippen molar-refractivity contribution in [2.75, 3.05) is 24.2 Å². The van der Waals surface area contributed by atoms with Crippen LogP contribution in [-0.4, -0.2) is 36.3 Å². The lowest BCUT2D eigenvalue weighted by Gasteiger charge is -2.10.